The first kappa shape index (κ1) is 16.6. The number of hydrogen-bond donors (Lipinski definition) is 2. The Labute approximate surface area is 132 Å². The molecule has 1 saturated heterocycles. The van der Waals surface area contributed by atoms with Crippen molar-refractivity contribution < 1.29 is 14.3 Å². The van der Waals surface area contributed by atoms with Crippen LogP contribution in [0.25, 0.3) is 0 Å². The Kier molecular flexibility index (Phi) is 5.29. The van der Waals surface area contributed by atoms with E-state index in [0.29, 0.717) is 17.4 Å². The molecule has 0 atom stereocenters. The van der Waals surface area contributed by atoms with E-state index in [0.717, 1.165) is 25.9 Å². The molecule has 22 heavy (non-hydrogen) atoms. The smallest absolute Gasteiger partial charge is 0.412 e. The molecular formula is C17H26N2O3. The zero-order valence-corrected chi connectivity index (χ0v) is 13.9. The maximum atomic E-state index is 12.0. The van der Waals surface area contributed by atoms with E-state index >= 15 is 0 Å². The van der Waals surface area contributed by atoms with Crippen LogP contribution in [0.3, 0.4) is 0 Å². The first-order valence-corrected chi connectivity index (χ1v) is 7.78. The molecule has 0 radical (unpaired) electrons. The highest BCUT2D eigenvalue weighted by atomic mass is 16.6. The molecule has 1 fully saturated rings. The molecule has 5 nitrogen and oxygen atoms in total. The van der Waals surface area contributed by atoms with Gasteiger partial charge in [0.25, 0.3) is 0 Å². The topological polar surface area (TPSA) is 59.6 Å². The van der Waals surface area contributed by atoms with Crippen molar-refractivity contribution >= 4 is 11.8 Å². The molecule has 2 N–H and O–H groups in total. The summed E-state index contributed by atoms with van der Waals surface area (Å²) in [5.41, 5.74) is 1.37. The fourth-order valence-corrected chi connectivity index (χ4v) is 2.65. The Bertz CT molecular complexity index is 517. The van der Waals surface area contributed by atoms with Gasteiger partial charge >= 0.3 is 6.09 Å². The SMILES string of the molecule is COc1ccc(C2CCNCC2)cc1NC(=O)OC(C)(C)C. The van der Waals surface area contributed by atoms with E-state index in [1.54, 1.807) is 7.11 Å². The monoisotopic (exact) mass is 306 g/mol. The second-order valence-electron chi connectivity index (χ2n) is 6.61. The van der Waals surface area contributed by atoms with Crippen LogP contribution in [-0.2, 0) is 4.74 Å². The molecular weight excluding hydrogens is 280 g/mol. The van der Waals surface area contributed by atoms with Gasteiger partial charge in [0.15, 0.2) is 0 Å². The van der Waals surface area contributed by atoms with Crippen LogP contribution in [0.15, 0.2) is 18.2 Å². The third kappa shape index (κ3) is 4.63. The number of nitrogens with one attached hydrogen (secondary N) is 2. The molecule has 1 aromatic rings. The van der Waals surface area contributed by atoms with Gasteiger partial charge in [-0.3, -0.25) is 5.32 Å². The third-order valence-electron chi connectivity index (χ3n) is 3.67. The van der Waals surface area contributed by atoms with Crippen LogP contribution in [-0.4, -0.2) is 31.9 Å². The van der Waals surface area contributed by atoms with Crippen LogP contribution < -0.4 is 15.4 Å². The zero-order valence-electron chi connectivity index (χ0n) is 13.9. The maximum absolute atomic E-state index is 12.0. The molecule has 1 amide bonds. The van der Waals surface area contributed by atoms with Gasteiger partial charge in [0.2, 0.25) is 0 Å². The molecule has 1 aliphatic rings. The molecule has 122 valence electrons. The maximum Gasteiger partial charge on any atom is 0.412 e. The fraction of sp³-hybridized carbons (Fsp3) is 0.588. The molecule has 0 aliphatic carbocycles. The predicted molar refractivity (Wildman–Crippen MR) is 87.7 cm³/mol. The molecule has 1 aliphatic heterocycles. The Balaban J connectivity index is 2.15. The number of rotatable bonds is 3. The average Bonchev–Trinajstić information content (AvgIpc) is 2.46. The van der Waals surface area contributed by atoms with Crippen LogP contribution in [0, 0.1) is 0 Å². The van der Waals surface area contributed by atoms with E-state index in [4.69, 9.17) is 9.47 Å². The molecule has 0 bridgehead atoms. The summed E-state index contributed by atoms with van der Waals surface area (Å²) >= 11 is 0. The van der Waals surface area contributed by atoms with Crippen LogP contribution in [0.1, 0.15) is 45.1 Å². The number of amides is 1. The van der Waals surface area contributed by atoms with Gasteiger partial charge in [0.05, 0.1) is 12.8 Å². The van der Waals surface area contributed by atoms with Crippen molar-refractivity contribution in [3.8, 4) is 5.75 Å². The highest BCUT2D eigenvalue weighted by Crippen LogP contribution is 2.32. The van der Waals surface area contributed by atoms with Crippen molar-refractivity contribution in [2.45, 2.75) is 45.1 Å². The molecule has 5 heteroatoms. The number of methoxy groups -OCH3 is 1. The highest BCUT2D eigenvalue weighted by molar-refractivity contribution is 5.87. The summed E-state index contributed by atoms with van der Waals surface area (Å²) in [5.74, 6) is 1.16. The molecule has 0 spiro atoms. The van der Waals surface area contributed by atoms with Gasteiger partial charge in [-0.1, -0.05) is 6.07 Å². The summed E-state index contributed by atoms with van der Waals surface area (Å²) in [6.45, 7) is 7.59. The second kappa shape index (κ2) is 7.01. The van der Waals surface area contributed by atoms with Crippen molar-refractivity contribution in [3.63, 3.8) is 0 Å². The standard InChI is InChI=1S/C17H26N2O3/c1-17(2,3)22-16(20)19-14-11-13(5-6-15(14)21-4)12-7-9-18-10-8-12/h5-6,11-12,18H,7-10H2,1-4H3,(H,19,20). The minimum Gasteiger partial charge on any atom is -0.495 e. The first-order chi connectivity index (χ1) is 10.4. The van der Waals surface area contributed by atoms with E-state index in [1.807, 2.05) is 32.9 Å². The summed E-state index contributed by atoms with van der Waals surface area (Å²) < 4.78 is 10.6. The van der Waals surface area contributed by atoms with E-state index < -0.39 is 11.7 Å². The largest absolute Gasteiger partial charge is 0.495 e. The number of benzene rings is 1. The van der Waals surface area contributed by atoms with E-state index in [1.165, 1.54) is 5.56 Å². The third-order valence-corrected chi connectivity index (χ3v) is 3.67. The molecule has 1 aromatic carbocycles. The lowest BCUT2D eigenvalue weighted by Crippen LogP contribution is -2.28. The van der Waals surface area contributed by atoms with Crippen LogP contribution in [0.2, 0.25) is 0 Å². The van der Waals surface area contributed by atoms with Gasteiger partial charge in [-0.2, -0.15) is 0 Å². The number of piperidine rings is 1. The number of carbonyl (C=O) groups excluding carboxylic acids is 1. The number of anilines is 1. The zero-order chi connectivity index (χ0) is 16.2. The van der Waals surface area contributed by atoms with Crippen molar-refractivity contribution in [2.24, 2.45) is 0 Å². The average molecular weight is 306 g/mol. The molecule has 0 aromatic heterocycles. The van der Waals surface area contributed by atoms with Gasteiger partial charge < -0.3 is 14.8 Å². The fourth-order valence-electron chi connectivity index (χ4n) is 2.65. The van der Waals surface area contributed by atoms with Gasteiger partial charge in [-0.25, -0.2) is 4.79 Å². The normalized spacial score (nSPS) is 16.2. The number of carbonyl (C=O) groups is 1. The van der Waals surface area contributed by atoms with Crippen LogP contribution in [0.4, 0.5) is 10.5 Å². The summed E-state index contributed by atoms with van der Waals surface area (Å²) in [4.78, 5) is 12.0. The van der Waals surface area contributed by atoms with Gasteiger partial charge in [0, 0.05) is 0 Å². The lowest BCUT2D eigenvalue weighted by atomic mass is 9.90. The van der Waals surface area contributed by atoms with Crippen molar-refractivity contribution in [1.82, 2.24) is 5.32 Å². The van der Waals surface area contributed by atoms with Crippen LogP contribution >= 0.6 is 0 Å². The number of ether oxygens (including phenoxy) is 2. The Morgan fingerprint density at radius 3 is 2.55 bits per heavy atom. The van der Waals surface area contributed by atoms with E-state index in [9.17, 15) is 4.79 Å². The lowest BCUT2D eigenvalue weighted by Gasteiger charge is -2.24. The Morgan fingerprint density at radius 1 is 1.27 bits per heavy atom. The minimum atomic E-state index is -0.524. The highest BCUT2D eigenvalue weighted by Gasteiger charge is 2.20. The van der Waals surface area contributed by atoms with Gasteiger partial charge in [-0.15, -0.1) is 0 Å². The van der Waals surface area contributed by atoms with E-state index in [2.05, 4.69) is 16.7 Å². The quantitative estimate of drug-likeness (QED) is 0.897. The predicted octanol–water partition coefficient (Wildman–Crippen LogP) is 3.51. The first-order valence-electron chi connectivity index (χ1n) is 7.78. The van der Waals surface area contributed by atoms with Crippen LogP contribution in [0.5, 0.6) is 5.75 Å². The summed E-state index contributed by atoms with van der Waals surface area (Å²) in [7, 11) is 1.60. The Morgan fingerprint density at radius 2 is 1.95 bits per heavy atom. The van der Waals surface area contributed by atoms with Gasteiger partial charge in [-0.05, 0) is 70.3 Å². The lowest BCUT2D eigenvalue weighted by molar-refractivity contribution is 0.0635. The Hall–Kier alpha value is -1.75. The van der Waals surface area contributed by atoms with E-state index in [-0.39, 0.29) is 0 Å². The number of hydrogen-bond acceptors (Lipinski definition) is 4. The summed E-state index contributed by atoms with van der Waals surface area (Å²) in [6.07, 6.45) is 1.75. The minimum absolute atomic E-state index is 0.465. The van der Waals surface area contributed by atoms with Crippen molar-refractivity contribution in [2.75, 3.05) is 25.5 Å². The van der Waals surface area contributed by atoms with Crippen molar-refractivity contribution in [1.29, 1.82) is 0 Å². The summed E-state index contributed by atoms with van der Waals surface area (Å²) in [5, 5.41) is 6.16. The molecule has 0 unspecified atom stereocenters. The molecule has 2 rings (SSSR count). The van der Waals surface area contributed by atoms with Gasteiger partial charge in [0.1, 0.15) is 11.4 Å². The molecule has 0 saturated carbocycles. The summed E-state index contributed by atoms with van der Waals surface area (Å²) in [6, 6.07) is 5.98. The molecule has 1 heterocycles. The second-order valence-corrected chi connectivity index (χ2v) is 6.61. The van der Waals surface area contributed by atoms with Crippen molar-refractivity contribution in [3.05, 3.63) is 23.8 Å².